The first-order valence-corrected chi connectivity index (χ1v) is 10.7. The summed E-state index contributed by atoms with van der Waals surface area (Å²) in [5.74, 6) is 0.0651. The molecule has 1 aliphatic heterocycles. The second kappa shape index (κ2) is 9.51. The van der Waals surface area contributed by atoms with Gasteiger partial charge in [0.05, 0.1) is 17.9 Å². The first kappa shape index (κ1) is 20.7. The van der Waals surface area contributed by atoms with Crippen LogP contribution in [0.5, 0.6) is 0 Å². The summed E-state index contributed by atoms with van der Waals surface area (Å²) in [6, 6.07) is 21.0. The normalized spacial score (nSPS) is 15.3. The summed E-state index contributed by atoms with van der Waals surface area (Å²) in [7, 11) is 0. The summed E-state index contributed by atoms with van der Waals surface area (Å²) in [4.78, 5) is 27.5. The van der Waals surface area contributed by atoms with Crippen LogP contribution < -0.4 is 15.5 Å². The average molecular weight is 418 g/mol. The molecule has 2 heterocycles. The van der Waals surface area contributed by atoms with Crippen LogP contribution in [-0.2, 0) is 0 Å². The first-order chi connectivity index (χ1) is 15.1. The second-order valence-corrected chi connectivity index (χ2v) is 7.84. The maximum absolute atomic E-state index is 13.0. The van der Waals surface area contributed by atoms with E-state index in [0.29, 0.717) is 11.3 Å². The third-order valence-electron chi connectivity index (χ3n) is 5.71. The third kappa shape index (κ3) is 4.97. The number of carbonyl (C=O) groups is 2. The van der Waals surface area contributed by atoms with E-state index in [9.17, 15) is 9.59 Å². The predicted octanol–water partition coefficient (Wildman–Crippen LogP) is 4.17. The van der Waals surface area contributed by atoms with Crippen molar-refractivity contribution in [2.24, 2.45) is 0 Å². The molecule has 0 bridgehead atoms. The summed E-state index contributed by atoms with van der Waals surface area (Å²) in [6.07, 6.45) is 3.11. The molecule has 0 radical (unpaired) electrons. The van der Waals surface area contributed by atoms with Crippen molar-refractivity contribution in [2.45, 2.75) is 31.8 Å². The maximum atomic E-state index is 13.0. The lowest BCUT2D eigenvalue weighted by Crippen LogP contribution is -2.45. The highest BCUT2D eigenvalue weighted by Gasteiger charge is 2.25. The van der Waals surface area contributed by atoms with Crippen molar-refractivity contribution in [1.82, 2.24) is 10.6 Å². The van der Waals surface area contributed by atoms with Gasteiger partial charge in [0.1, 0.15) is 0 Å². The molecule has 0 saturated carbocycles. The van der Waals surface area contributed by atoms with Gasteiger partial charge in [-0.05, 0) is 49.6 Å². The van der Waals surface area contributed by atoms with E-state index in [0.717, 1.165) is 37.2 Å². The lowest BCUT2D eigenvalue weighted by Gasteiger charge is -2.34. The van der Waals surface area contributed by atoms with Gasteiger partial charge in [0.15, 0.2) is 5.76 Å². The Morgan fingerprint density at radius 3 is 2.35 bits per heavy atom. The van der Waals surface area contributed by atoms with Crippen molar-refractivity contribution in [3.8, 4) is 0 Å². The first-order valence-electron chi connectivity index (χ1n) is 10.7. The van der Waals surface area contributed by atoms with Gasteiger partial charge in [-0.25, -0.2) is 0 Å². The fourth-order valence-electron chi connectivity index (χ4n) is 3.97. The van der Waals surface area contributed by atoms with E-state index in [1.54, 1.807) is 12.1 Å². The molecule has 6 heteroatoms. The minimum absolute atomic E-state index is 0.0793. The lowest BCUT2D eigenvalue weighted by molar-refractivity contribution is 0.0902. The summed E-state index contributed by atoms with van der Waals surface area (Å²) in [6.45, 7) is 3.52. The van der Waals surface area contributed by atoms with Crippen molar-refractivity contribution >= 4 is 17.5 Å². The molecule has 1 atom stereocenters. The topological polar surface area (TPSA) is 74.6 Å². The molecular formula is C25H27N3O3. The molecule has 6 nitrogen and oxygen atoms in total. The average Bonchev–Trinajstić information content (AvgIpc) is 3.35. The number of amides is 2. The summed E-state index contributed by atoms with van der Waals surface area (Å²) in [5.41, 5.74) is 2.67. The number of piperidine rings is 1. The number of hydrogen-bond acceptors (Lipinski definition) is 4. The van der Waals surface area contributed by atoms with Crippen LogP contribution in [0, 0.1) is 0 Å². The van der Waals surface area contributed by atoms with E-state index in [-0.39, 0.29) is 23.9 Å². The Morgan fingerprint density at radius 2 is 1.65 bits per heavy atom. The van der Waals surface area contributed by atoms with Crippen LogP contribution in [0.3, 0.4) is 0 Å². The molecule has 1 fully saturated rings. The van der Waals surface area contributed by atoms with Crippen LogP contribution in [0.4, 0.5) is 5.69 Å². The molecule has 2 amide bonds. The number of furan rings is 1. The lowest BCUT2D eigenvalue weighted by atomic mass is 10.0. The van der Waals surface area contributed by atoms with Crippen LogP contribution in [0.15, 0.2) is 77.4 Å². The van der Waals surface area contributed by atoms with E-state index in [2.05, 4.69) is 15.5 Å². The molecule has 3 aromatic rings. The van der Waals surface area contributed by atoms with Crippen molar-refractivity contribution in [3.63, 3.8) is 0 Å². The second-order valence-electron chi connectivity index (χ2n) is 7.84. The van der Waals surface area contributed by atoms with Crippen molar-refractivity contribution in [1.29, 1.82) is 0 Å². The van der Waals surface area contributed by atoms with Gasteiger partial charge in [-0.15, -0.1) is 0 Å². The van der Waals surface area contributed by atoms with E-state index in [4.69, 9.17) is 4.42 Å². The summed E-state index contributed by atoms with van der Waals surface area (Å²) in [5, 5.41) is 6.15. The smallest absolute Gasteiger partial charge is 0.287 e. The van der Waals surface area contributed by atoms with Crippen LogP contribution in [0.25, 0.3) is 0 Å². The monoisotopic (exact) mass is 417 g/mol. The Balaban J connectivity index is 1.38. The quantitative estimate of drug-likeness (QED) is 0.631. The third-order valence-corrected chi connectivity index (χ3v) is 5.71. The Kier molecular flexibility index (Phi) is 6.36. The molecule has 31 heavy (non-hydrogen) atoms. The van der Waals surface area contributed by atoms with Crippen molar-refractivity contribution < 1.29 is 14.0 Å². The number of para-hydroxylation sites is 1. The number of anilines is 1. The van der Waals surface area contributed by atoms with Gasteiger partial charge in [-0.1, -0.05) is 42.5 Å². The fraction of sp³-hybridized carbons (Fsp3) is 0.280. The van der Waals surface area contributed by atoms with Crippen molar-refractivity contribution in [2.75, 3.05) is 18.0 Å². The van der Waals surface area contributed by atoms with Gasteiger partial charge in [0, 0.05) is 24.8 Å². The SMILES string of the molecule is CC(NC(=O)c1ccccc1N1CCC(NC(=O)c2ccco2)CC1)c1ccccc1. The van der Waals surface area contributed by atoms with Gasteiger partial charge in [-0.3, -0.25) is 9.59 Å². The molecule has 0 spiro atoms. The number of carbonyl (C=O) groups excluding carboxylic acids is 2. The van der Waals surface area contributed by atoms with Gasteiger partial charge >= 0.3 is 0 Å². The fourth-order valence-corrected chi connectivity index (χ4v) is 3.97. The largest absolute Gasteiger partial charge is 0.459 e. The number of nitrogens with one attached hydrogen (secondary N) is 2. The van der Waals surface area contributed by atoms with Crippen LogP contribution >= 0.6 is 0 Å². The van der Waals surface area contributed by atoms with Crippen LogP contribution in [0.1, 0.15) is 52.3 Å². The Bertz CT molecular complexity index is 1010. The highest BCUT2D eigenvalue weighted by Crippen LogP contribution is 2.25. The standard InChI is InChI=1S/C25H27N3O3/c1-18(19-8-3-2-4-9-19)26-24(29)21-10-5-6-11-22(21)28-15-13-20(14-16-28)27-25(30)23-12-7-17-31-23/h2-12,17-18,20H,13-16H2,1H3,(H,26,29)(H,27,30). The van der Waals surface area contributed by atoms with Crippen molar-refractivity contribution in [3.05, 3.63) is 89.9 Å². The molecule has 160 valence electrons. The minimum Gasteiger partial charge on any atom is -0.459 e. The molecule has 4 rings (SSSR count). The van der Waals surface area contributed by atoms with E-state index < -0.39 is 0 Å². The van der Waals surface area contributed by atoms with Crippen LogP contribution in [-0.4, -0.2) is 30.9 Å². The zero-order valence-corrected chi connectivity index (χ0v) is 17.6. The summed E-state index contributed by atoms with van der Waals surface area (Å²) >= 11 is 0. The highest BCUT2D eigenvalue weighted by atomic mass is 16.3. The number of hydrogen-bond donors (Lipinski definition) is 2. The van der Waals surface area contributed by atoms with E-state index in [1.807, 2.05) is 61.5 Å². The molecule has 1 aromatic heterocycles. The highest BCUT2D eigenvalue weighted by molar-refractivity contribution is 6.00. The van der Waals surface area contributed by atoms with Gasteiger partial charge in [-0.2, -0.15) is 0 Å². The van der Waals surface area contributed by atoms with E-state index in [1.165, 1.54) is 6.26 Å². The van der Waals surface area contributed by atoms with Gasteiger partial charge in [0.2, 0.25) is 0 Å². The molecular weight excluding hydrogens is 390 g/mol. The Labute approximate surface area is 182 Å². The zero-order chi connectivity index (χ0) is 21.6. The number of rotatable bonds is 6. The maximum Gasteiger partial charge on any atom is 0.287 e. The number of nitrogens with zero attached hydrogens (tertiary/aromatic N) is 1. The molecule has 1 unspecified atom stereocenters. The molecule has 1 saturated heterocycles. The molecule has 1 aliphatic rings. The zero-order valence-electron chi connectivity index (χ0n) is 17.6. The molecule has 0 aliphatic carbocycles. The number of benzene rings is 2. The minimum atomic E-state index is -0.182. The Hall–Kier alpha value is -3.54. The van der Waals surface area contributed by atoms with E-state index >= 15 is 0 Å². The van der Waals surface area contributed by atoms with Gasteiger partial charge < -0.3 is 20.0 Å². The predicted molar refractivity (Wildman–Crippen MR) is 120 cm³/mol. The molecule has 2 N–H and O–H groups in total. The Morgan fingerprint density at radius 1 is 0.935 bits per heavy atom. The summed E-state index contributed by atoms with van der Waals surface area (Å²) < 4.78 is 5.17. The van der Waals surface area contributed by atoms with Gasteiger partial charge in [0.25, 0.3) is 11.8 Å². The molecule has 2 aromatic carbocycles. The van der Waals surface area contributed by atoms with Crippen LogP contribution in [0.2, 0.25) is 0 Å².